The zero-order chi connectivity index (χ0) is 59.3. The Balaban J connectivity index is 1.10. The van der Waals surface area contributed by atoms with Crippen LogP contribution in [0.3, 0.4) is 0 Å². The Morgan fingerprint density at radius 2 is 0.916 bits per heavy atom. The summed E-state index contributed by atoms with van der Waals surface area (Å²) in [7, 11) is 0. The summed E-state index contributed by atoms with van der Waals surface area (Å²) in [5.74, 6) is -7.99. The van der Waals surface area contributed by atoms with E-state index in [9.17, 15) is 48.3 Å². The number of hydrogen-bond acceptors (Lipinski definition) is 19. The van der Waals surface area contributed by atoms with Gasteiger partial charge in [-0.1, -0.05) is 103 Å². The smallest absolute Gasteiger partial charge is 0.407 e. The molecule has 4 N–H and O–H groups in total. The van der Waals surface area contributed by atoms with Crippen molar-refractivity contribution in [3.8, 4) is 11.1 Å². The summed E-state index contributed by atoms with van der Waals surface area (Å²) in [5, 5.41) is 18.1. The lowest BCUT2D eigenvalue weighted by Gasteiger charge is -2.47. The largest absolute Gasteiger partial charge is 0.480 e. The van der Waals surface area contributed by atoms with Crippen LogP contribution in [-0.2, 0) is 71.3 Å². The minimum Gasteiger partial charge on any atom is -0.480 e. The summed E-state index contributed by atoms with van der Waals surface area (Å²) in [5.41, 5.74) is 3.98. The molecule has 0 bridgehead atoms. The first-order valence-corrected chi connectivity index (χ1v) is 26.4. The fourth-order valence-electron chi connectivity index (χ4n) is 10.0. The first-order valence-electron chi connectivity index (χ1n) is 26.4. The highest BCUT2D eigenvalue weighted by molar-refractivity contribution is 5.91. The van der Waals surface area contributed by atoms with Gasteiger partial charge >= 0.3 is 41.9 Å². The molecule has 12 atom stereocenters. The lowest BCUT2D eigenvalue weighted by atomic mass is 9.94. The molecule has 1 aliphatic carbocycles. The van der Waals surface area contributed by atoms with Crippen molar-refractivity contribution < 1.29 is 95.6 Å². The zero-order valence-electron chi connectivity index (χ0n) is 45.6. The third kappa shape index (κ3) is 15.1. The fourth-order valence-corrected chi connectivity index (χ4v) is 10.0. The Kier molecular flexibility index (Phi) is 20.0. The zero-order valence-corrected chi connectivity index (χ0v) is 45.6. The van der Waals surface area contributed by atoms with Crippen molar-refractivity contribution >= 4 is 53.7 Å². The number of ether oxygens (including phenoxy) is 10. The second-order valence-electron chi connectivity index (χ2n) is 19.6. The van der Waals surface area contributed by atoms with E-state index in [0.717, 1.165) is 49.9 Å². The molecule has 23 nitrogen and oxygen atoms in total. The van der Waals surface area contributed by atoms with Gasteiger partial charge < -0.3 is 68.4 Å². The van der Waals surface area contributed by atoms with E-state index in [1.54, 1.807) is 54.6 Å². The Morgan fingerprint density at radius 3 is 1.42 bits per heavy atom. The monoisotopic (exact) mass is 1140 g/mol. The molecule has 0 saturated carbocycles. The molecule has 2 saturated heterocycles. The van der Waals surface area contributed by atoms with Crippen molar-refractivity contribution in [3.63, 3.8) is 0 Å². The maximum absolute atomic E-state index is 14.1. The molecule has 2 heterocycles. The predicted octanol–water partition coefficient (Wildman–Crippen LogP) is 5.03. The minimum absolute atomic E-state index is 0.0437. The molecule has 0 spiro atoms. The molecule has 83 heavy (non-hydrogen) atoms. The SMILES string of the molecule is CC(=O)N[C@H]1[C@@H](O[C@H](C)[C@H](NC(=O)OCC2c3ccccc3-c3ccccc32)C(=O)O)O[C@H](CO[C@@H]2O[C@H](COC(=O)c3ccccc3)[C@@H](OC(=O)c3ccccc3)[C@H](OC(=O)c3ccccc3)[C@H]2NC(C)=O)[C@H](OC(C)=O)[C@@H]1OC(C)=O. The fraction of sp³-hybridized carbons (Fsp3) is 0.350. The molecular formula is C60H61N3O20. The van der Waals surface area contributed by atoms with Gasteiger partial charge in [-0.05, 0) is 65.6 Å². The summed E-state index contributed by atoms with van der Waals surface area (Å²) in [4.78, 5) is 120. The van der Waals surface area contributed by atoms with Gasteiger partial charge in [-0.3, -0.25) is 19.2 Å². The van der Waals surface area contributed by atoms with Crippen molar-refractivity contribution in [1.29, 1.82) is 0 Å². The lowest BCUT2D eigenvalue weighted by molar-refractivity contribution is -0.310. The van der Waals surface area contributed by atoms with E-state index >= 15 is 0 Å². The van der Waals surface area contributed by atoms with Crippen LogP contribution in [0.2, 0.25) is 0 Å². The molecule has 3 aliphatic rings. The van der Waals surface area contributed by atoms with E-state index < -0.39 is 140 Å². The molecular weight excluding hydrogens is 1080 g/mol. The van der Waals surface area contributed by atoms with Crippen molar-refractivity contribution in [1.82, 2.24) is 16.0 Å². The van der Waals surface area contributed by atoms with E-state index in [-0.39, 0.29) is 29.2 Å². The van der Waals surface area contributed by atoms with Gasteiger partial charge in [-0.25, -0.2) is 24.0 Å². The summed E-state index contributed by atoms with van der Waals surface area (Å²) >= 11 is 0. The van der Waals surface area contributed by atoms with Crippen molar-refractivity contribution in [2.45, 2.75) is 114 Å². The number of alkyl carbamates (subject to hydrolysis) is 1. The number of aliphatic carboxylic acids is 1. The van der Waals surface area contributed by atoms with E-state index in [2.05, 4.69) is 16.0 Å². The summed E-state index contributed by atoms with van der Waals surface area (Å²) in [6, 6.07) is 33.5. The van der Waals surface area contributed by atoms with Crippen molar-refractivity contribution in [2.24, 2.45) is 0 Å². The minimum atomic E-state index is -1.86. The van der Waals surface area contributed by atoms with Crippen LogP contribution in [0.5, 0.6) is 0 Å². The van der Waals surface area contributed by atoms with Crippen molar-refractivity contribution in [3.05, 3.63) is 167 Å². The maximum atomic E-state index is 14.1. The number of carboxylic acids is 1. The van der Waals surface area contributed by atoms with Gasteiger partial charge in [-0.15, -0.1) is 0 Å². The van der Waals surface area contributed by atoms with Crippen molar-refractivity contribution in [2.75, 3.05) is 19.8 Å². The van der Waals surface area contributed by atoms with Crippen LogP contribution in [0, 0.1) is 0 Å². The first-order chi connectivity index (χ1) is 39.9. The Hall–Kier alpha value is -9.03. The van der Waals surface area contributed by atoms with E-state index in [4.69, 9.17) is 47.4 Å². The quantitative estimate of drug-likeness (QED) is 0.0553. The van der Waals surface area contributed by atoms with Gasteiger partial charge in [0.1, 0.15) is 37.5 Å². The van der Waals surface area contributed by atoms with Crippen LogP contribution in [0.1, 0.15) is 82.7 Å². The molecule has 5 aromatic carbocycles. The predicted molar refractivity (Wildman–Crippen MR) is 288 cm³/mol. The number of fused-ring (bicyclic) bond motifs is 3. The molecule has 0 radical (unpaired) electrons. The van der Waals surface area contributed by atoms with E-state index in [0.29, 0.717) is 0 Å². The van der Waals surface area contributed by atoms with Crippen LogP contribution in [0.25, 0.3) is 11.1 Å². The van der Waals surface area contributed by atoms with Crippen LogP contribution in [0.15, 0.2) is 140 Å². The summed E-state index contributed by atoms with van der Waals surface area (Å²) in [6.45, 7) is 3.97. The number of rotatable bonds is 21. The van der Waals surface area contributed by atoms with Gasteiger partial charge in [0.25, 0.3) is 0 Å². The molecule has 0 unspecified atom stereocenters. The standard InChI is InChI=1S/C60H61N3O20/c1-32(47(54(68)69)63-60(73)76-29-44-42-27-17-15-25-40(42)41-26-16-18-28-43(41)44)77-59-49(62-34(3)65)52(79-36(5)67)50(78-35(4)66)46(81-59)31-75-58-48(61-33(2)64)53(83-57(72)39-23-13-8-14-24-39)51(82-56(71)38-21-11-7-12-22-38)45(80-58)30-74-55(70)37-19-9-6-10-20-37/h6-28,32,44-53,58-59H,29-31H2,1-5H3,(H,61,64)(H,62,65)(H,63,73)(H,68,69)/t32-,45-,46-,47+,48-,49-,50+,51-,52-,53-,58-,59+/m1/s1. The van der Waals surface area contributed by atoms with Crippen LogP contribution in [0.4, 0.5) is 4.79 Å². The first kappa shape index (κ1) is 60.1. The van der Waals surface area contributed by atoms with E-state index in [1.165, 1.54) is 43.3 Å². The molecule has 5 aromatic rings. The van der Waals surface area contributed by atoms with Gasteiger partial charge in [-0.2, -0.15) is 0 Å². The van der Waals surface area contributed by atoms with Gasteiger partial charge in [0.05, 0.1) is 29.4 Å². The average molecular weight is 1140 g/mol. The third-order valence-electron chi connectivity index (χ3n) is 13.7. The van der Waals surface area contributed by atoms with E-state index in [1.807, 2.05) is 48.5 Å². The highest BCUT2D eigenvalue weighted by Gasteiger charge is 2.55. The van der Waals surface area contributed by atoms with Gasteiger partial charge in [0, 0.05) is 33.6 Å². The summed E-state index contributed by atoms with van der Waals surface area (Å²) < 4.78 is 60.6. The molecule has 8 rings (SSSR count). The van der Waals surface area contributed by atoms with Gasteiger partial charge in [0.2, 0.25) is 11.8 Å². The number of amides is 3. The molecule has 2 fully saturated rings. The van der Waals surface area contributed by atoms with Crippen LogP contribution in [-0.4, -0.2) is 152 Å². The highest BCUT2D eigenvalue weighted by atomic mass is 16.7. The normalized spacial score (nSPS) is 23.2. The average Bonchev–Trinajstić information content (AvgIpc) is 3.13. The van der Waals surface area contributed by atoms with Crippen LogP contribution < -0.4 is 16.0 Å². The van der Waals surface area contributed by atoms with Crippen LogP contribution >= 0.6 is 0 Å². The Morgan fingerprint density at radius 1 is 0.494 bits per heavy atom. The topological polar surface area (TPSA) is 302 Å². The molecule has 436 valence electrons. The number of carboxylic acid groups (broad SMARTS) is 1. The number of carbonyl (C=O) groups excluding carboxylic acids is 8. The van der Waals surface area contributed by atoms with Gasteiger partial charge in [0.15, 0.2) is 43.0 Å². The Bertz CT molecular complexity index is 3100. The Labute approximate surface area is 476 Å². The summed E-state index contributed by atoms with van der Waals surface area (Å²) in [6.07, 6.45) is -16.1. The molecule has 23 heteroatoms. The second-order valence-corrected chi connectivity index (χ2v) is 19.6. The number of benzene rings is 5. The molecule has 3 amide bonds. The third-order valence-corrected chi connectivity index (χ3v) is 13.7. The maximum Gasteiger partial charge on any atom is 0.407 e. The number of nitrogens with one attached hydrogen (secondary N) is 3. The highest BCUT2D eigenvalue weighted by Crippen LogP contribution is 2.44. The molecule has 2 aliphatic heterocycles. The number of hydrogen-bond donors (Lipinski definition) is 4. The number of carbonyl (C=O) groups is 9. The lowest BCUT2D eigenvalue weighted by Crippen LogP contribution is -2.69. The number of esters is 5. The second kappa shape index (κ2) is 27.6. The molecule has 0 aromatic heterocycles.